The largest absolute Gasteiger partial charge is 0.306 e. The van der Waals surface area contributed by atoms with Crippen molar-refractivity contribution in [1.29, 1.82) is 0 Å². The highest BCUT2D eigenvalue weighted by Crippen LogP contribution is 2.27. The molecule has 0 spiro atoms. The fourth-order valence-corrected chi connectivity index (χ4v) is 1.68. The number of rotatable bonds is 0. The minimum absolute atomic E-state index is 0.384. The number of fused-ring (bicyclic) bond motifs is 1. The minimum atomic E-state index is 0.384. The first-order chi connectivity index (χ1) is 4.57. The fraction of sp³-hybridized carbons (Fsp3) is 1.00. The molecule has 10 heavy (non-hydrogen) atoms. The van der Waals surface area contributed by atoms with Crippen LogP contribution in [-0.2, 0) is 0 Å². The molecular weight excluding hydrogens is 124 g/mol. The van der Waals surface area contributed by atoms with E-state index in [0.717, 1.165) is 12.1 Å². The van der Waals surface area contributed by atoms with E-state index in [9.17, 15) is 0 Å². The zero-order chi connectivity index (χ0) is 7.35. The molecule has 0 amide bonds. The predicted molar refractivity (Wildman–Crippen MR) is 42.0 cm³/mol. The number of likely N-dealkylation sites (tertiary alicyclic amines) is 1. The number of nitrogens with one attached hydrogen (secondary N) is 1. The molecular formula is C8H16N2. The summed E-state index contributed by atoms with van der Waals surface area (Å²) in [4.78, 5) is 2.55. The Morgan fingerprint density at radius 2 is 1.70 bits per heavy atom. The Kier molecular flexibility index (Phi) is 1.15. The van der Waals surface area contributed by atoms with Gasteiger partial charge in [0.05, 0.1) is 0 Å². The monoisotopic (exact) mass is 140 g/mol. The molecule has 2 heteroatoms. The van der Waals surface area contributed by atoms with Crippen LogP contribution in [0, 0.1) is 0 Å². The van der Waals surface area contributed by atoms with Gasteiger partial charge in [0.2, 0.25) is 0 Å². The standard InChI is InChI=1S/C8H16N2/c1-8(2,3)10-4-6-7(5-10)9-6/h6-7,9H,4-5H2,1-3H3. The Hall–Kier alpha value is -0.0800. The topological polar surface area (TPSA) is 25.2 Å². The van der Waals surface area contributed by atoms with Gasteiger partial charge in [-0.15, -0.1) is 0 Å². The highest BCUT2D eigenvalue weighted by molar-refractivity contribution is 5.09. The van der Waals surface area contributed by atoms with Gasteiger partial charge in [0.15, 0.2) is 0 Å². The zero-order valence-corrected chi connectivity index (χ0v) is 7.02. The van der Waals surface area contributed by atoms with E-state index >= 15 is 0 Å². The van der Waals surface area contributed by atoms with E-state index in [-0.39, 0.29) is 0 Å². The van der Waals surface area contributed by atoms with Gasteiger partial charge in [-0.2, -0.15) is 0 Å². The van der Waals surface area contributed by atoms with Gasteiger partial charge in [0.1, 0.15) is 0 Å². The lowest BCUT2D eigenvalue weighted by Crippen LogP contribution is -2.42. The van der Waals surface area contributed by atoms with Gasteiger partial charge >= 0.3 is 0 Å². The van der Waals surface area contributed by atoms with Crippen molar-refractivity contribution in [3.63, 3.8) is 0 Å². The summed E-state index contributed by atoms with van der Waals surface area (Å²) >= 11 is 0. The second-order valence-corrected chi connectivity index (χ2v) is 4.46. The first kappa shape index (κ1) is 6.62. The molecule has 0 aliphatic carbocycles. The molecule has 0 aromatic heterocycles. The average Bonchev–Trinajstić information content (AvgIpc) is 2.38. The van der Waals surface area contributed by atoms with E-state index in [2.05, 4.69) is 31.0 Å². The van der Waals surface area contributed by atoms with Gasteiger partial charge in [-0.25, -0.2) is 0 Å². The van der Waals surface area contributed by atoms with Crippen LogP contribution in [0.3, 0.4) is 0 Å². The van der Waals surface area contributed by atoms with E-state index in [4.69, 9.17) is 0 Å². The second kappa shape index (κ2) is 1.74. The van der Waals surface area contributed by atoms with E-state index in [0.29, 0.717) is 5.54 Å². The summed E-state index contributed by atoms with van der Waals surface area (Å²) in [6.45, 7) is 9.38. The summed E-state index contributed by atoms with van der Waals surface area (Å²) in [6.07, 6.45) is 0. The van der Waals surface area contributed by atoms with Crippen LogP contribution in [0.1, 0.15) is 20.8 Å². The summed E-state index contributed by atoms with van der Waals surface area (Å²) in [5, 5.41) is 3.43. The smallest absolute Gasteiger partial charge is 0.0365 e. The number of nitrogens with zero attached hydrogens (tertiary/aromatic N) is 1. The van der Waals surface area contributed by atoms with Crippen LogP contribution in [-0.4, -0.2) is 35.6 Å². The van der Waals surface area contributed by atoms with Gasteiger partial charge in [-0.3, -0.25) is 4.90 Å². The SMILES string of the molecule is CC(C)(C)N1CC2NC2C1. The Morgan fingerprint density at radius 3 is 2.00 bits per heavy atom. The van der Waals surface area contributed by atoms with Gasteiger partial charge in [0.25, 0.3) is 0 Å². The first-order valence-electron chi connectivity index (χ1n) is 4.08. The number of piperazine rings is 1. The molecule has 2 nitrogen and oxygen atoms in total. The summed E-state index contributed by atoms with van der Waals surface area (Å²) in [7, 11) is 0. The Morgan fingerprint density at radius 1 is 1.20 bits per heavy atom. The average molecular weight is 140 g/mol. The van der Waals surface area contributed by atoms with Gasteiger partial charge in [-0.05, 0) is 20.8 Å². The van der Waals surface area contributed by atoms with Crippen molar-refractivity contribution in [2.75, 3.05) is 13.1 Å². The van der Waals surface area contributed by atoms with Gasteiger partial charge in [0, 0.05) is 30.7 Å². The zero-order valence-electron chi connectivity index (χ0n) is 7.02. The van der Waals surface area contributed by atoms with E-state index in [1.807, 2.05) is 0 Å². The Bertz CT molecular complexity index is 138. The number of hydrogen-bond donors (Lipinski definition) is 1. The predicted octanol–water partition coefficient (Wildman–Crippen LogP) is 0.441. The van der Waals surface area contributed by atoms with Crippen LogP contribution in [0.2, 0.25) is 0 Å². The highest BCUT2D eigenvalue weighted by Gasteiger charge is 2.47. The fourth-order valence-electron chi connectivity index (χ4n) is 1.68. The van der Waals surface area contributed by atoms with E-state index in [1.165, 1.54) is 13.1 Å². The van der Waals surface area contributed by atoms with Crippen LogP contribution < -0.4 is 5.32 Å². The van der Waals surface area contributed by atoms with E-state index in [1.54, 1.807) is 0 Å². The maximum atomic E-state index is 3.43. The molecule has 2 rings (SSSR count). The van der Waals surface area contributed by atoms with Crippen molar-refractivity contribution in [1.82, 2.24) is 10.2 Å². The van der Waals surface area contributed by atoms with Crippen molar-refractivity contribution in [2.45, 2.75) is 38.4 Å². The summed E-state index contributed by atoms with van der Waals surface area (Å²) in [6, 6.07) is 1.67. The van der Waals surface area contributed by atoms with Gasteiger partial charge < -0.3 is 5.32 Å². The third-order valence-corrected chi connectivity index (χ3v) is 2.59. The van der Waals surface area contributed by atoms with E-state index < -0.39 is 0 Å². The Labute approximate surface area is 62.6 Å². The van der Waals surface area contributed by atoms with Crippen LogP contribution >= 0.6 is 0 Å². The third-order valence-electron chi connectivity index (χ3n) is 2.59. The van der Waals surface area contributed by atoms with Crippen LogP contribution in [0.4, 0.5) is 0 Å². The lowest BCUT2D eigenvalue weighted by molar-refractivity contribution is 0.160. The minimum Gasteiger partial charge on any atom is -0.306 e. The first-order valence-corrected chi connectivity index (χ1v) is 4.08. The van der Waals surface area contributed by atoms with Crippen LogP contribution in [0.25, 0.3) is 0 Å². The molecule has 0 aromatic carbocycles. The molecule has 58 valence electrons. The maximum absolute atomic E-state index is 3.43. The molecule has 0 radical (unpaired) electrons. The second-order valence-electron chi connectivity index (χ2n) is 4.46. The van der Waals surface area contributed by atoms with Crippen LogP contribution in [0.5, 0.6) is 0 Å². The molecule has 1 N–H and O–H groups in total. The highest BCUT2D eigenvalue weighted by atomic mass is 15.4. The molecule has 2 aliphatic rings. The molecule has 2 atom stereocenters. The van der Waals surface area contributed by atoms with Gasteiger partial charge in [-0.1, -0.05) is 0 Å². The maximum Gasteiger partial charge on any atom is 0.0365 e. The van der Waals surface area contributed by atoms with Crippen molar-refractivity contribution < 1.29 is 0 Å². The quantitative estimate of drug-likeness (QED) is 0.494. The van der Waals surface area contributed by atoms with Crippen LogP contribution in [0.15, 0.2) is 0 Å². The molecule has 2 heterocycles. The normalized spacial score (nSPS) is 39.9. The molecule has 0 aromatic rings. The summed E-state index contributed by atoms with van der Waals surface area (Å²) in [5.74, 6) is 0. The molecule has 2 saturated heterocycles. The van der Waals surface area contributed by atoms with Crippen molar-refractivity contribution in [2.24, 2.45) is 0 Å². The van der Waals surface area contributed by atoms with Crippen molar-refractivity contribution in [3.8, 4) is 0 Å². The Balaban J connectivity index is 1.97. The summed E-state index contributed by atoms with van der Waals surface area (Å²) in [5.41, 5.74) is 0.384. The molecule has 0 bridgehead atoms. The number of hydrogen-bond acceptors (Lipinski definition) is 2. The molecule has 0 saturated carbocycles. The molecule has 2 aliphatic heterocycles. The molecule has 2 fully saturated rings. The third kappa shape index (κ3) is 0.956. The van der Waals surface area contributed by atoms with Crippen molar-refractivity contribution >= 4 is 0 Å². The van der Waals surface area contributed by atoms with Crippen molar-refractivity contribution in [3.05, 3.63) is 0 Å². The summed E-state index contributed by atoms with van der Waals surface area (Å²) < 4.78 is 0. The molecule has 2 unspecified atom stereocenters. The lowest BCUT2D eigenvalue weighted by Gasteiger charge is -2.32. The lowest BCUT2D eigenvalue weighted by atomic mass is 10.1.